The molecule has 3 atom stereocenters. The highest BCUT2D eigenvalue weighted by Gasteiger charge is 2.49. The summed E-state index contributed by atoms with van der Waals surface area (Å²) >= 11 is 0. The molecule has 11 heteroatoms. The van der Waals surface area contributed by atoms with Crippen molar-refractivity contribution in [1.82, 2.24) is 9.62 Å². The van der Waals surface area contributed by atoms with Gasteiger partial charge in [-0.1, -0.05) is 17.7 Å². The van der Waals surface area contributed by atoms with E-state index in [0.29, 0.717) is 4.31 Å². The summed E-state index contributed by atoms with van der Waals surface area (Å²) < 4.78 is 36.8. The maximum absolute atomic E-state index is 13.3. The average Bonchev–Trinajstić information content (AvgIpc) is 2.66. The first-order valence-electron chi connectivity index (χ1n) is 9.35. The van der Waals surface area contributed by atoms with E-state index >= 15 is 0 Å². The van der Waals surface area contributed by atoms with Crippen molar-refractivity contribution in [1.29, 1.82) is 0 Å². The molecule has 1 amide bonds. The van der Waals surface area contributed by atoms with Crippen LogP contribution in [0, 0.1) is 6.92 Å². The number of nitrogens with zero attached hydrogens (tertiary/aromatic N) is 1. The number of aliphatic hydroxyl groups is 1. The molecule has 1 unspecified atom stereocenters. The van der Waals surface area contributed by atoms with Crippen LogP contribution in [-0.2, 0) is 29.1 Å². The molecule has 1 aliphatic rings. The summed E-state index contributed by atoms with van der Waals surface area (Å²) in [6, 6.07) is 2.15. The Kier molecular flexibility index (Phi) is 7.25. The van der Waals surface area contributed by atoms with Gasteiger partial charge >= 0.3 is 12.1 Å². The normalized spacial score (nSPS) is 20.8. The lowest BCUT2D eigenvalue weighted by atomic mass is 10.00. The molecule has 1 heterocycles. The summed E-state index contributed by atoms with van der Waals surface area (Å²) in [5.41, 5.74) is -0.126. The van der Waals surface area contributed by atoms with E-state index in [9.17, 15) is 27.9 Å². The third-order valence-corrected chi connectivity index (χ3v) is 6.16. The van der Waals surface area contributed by atoms with Crippen LogP contribution < -0.4 is 5.32 Å². The minimum absolute atomic E-state index is 0.203. The van der Waals surface area contributed by atoms with Crippen molar-refractivity contribution in [2.24, 2.45) is 0 Å². The summed E-state index contributed by atoms with van der Waals surface area (Å²) in [5.74, 6) is -1.91. The van der Waals surface area contributed by atoms with E-state index in [-0.39, 0.29) is 4.90 Å². The van der Waals surface area contributed by atoms with Gasteiger partial charge in [-0.05, 0) is 52.0 Å². The summed E-state index contributed by atoms with van der Waals surface area (Å²) in [6.45, 7) is 6.53. The standard InChI is InChI=1S/C20H26N2O8S/c1-12-6-8-13(9-7-12)31(27,28)22-15(24)11-10-14(23)17(22)16(18(25)29-5)21-19(26)30-20(2,3)4/h6-11,15-17,24H,1-5H3,(H,21,26)/t15?,16-,17-/m0/s1. The number of amides is 1. The van der Waals surface area contributed by atoms with Crippen LogP contribution in [0.25, 0.3) is 0 Å². The summed E-state index contributed by atoms with van der Waals surface area (Å²) in [5, 5.41) is 12.6. The molecule has 10 nitrogen and oxygen atoms in total. The number of aryl methyl sites for hydroxylation is 1. The molecular formula is C20H26N2O8S. The molecule has 1 aromatic carbocycles. The van der Waals surface area contributed by atoms with Gasteiger partial charge in [-0.3, -0.25) is 4.79 Å². The summed E-state index contributed by atoms with van der Waals surface area (Å²) in [4.78, 5) is 37.2. The smallest absolute Gasteiger partial charge is 0.408 e. The minimum Gasteiger partial charge on any atom is -0.467 e. The number of sulfonamides is 1. The molecular weight excluding hydrogens is 428 g/mol. The Labute approximate surface area is 180 Å². The van der Waals surface area contributed by atoms with E-state index in [1.807, 2.05) is 0 Å². The van der Waals surface area contributed by atoms with E-state index in [1.54, 1.807) is 39.8 Å². The number of carbonyl (C=O) groups is 3. The van der Waals surface area contributed by atoms with Gasteiger partial charge in [0, 0.05) is 0 Å². The molecule has 0 fully saturated rings. The molecule has 0 bridgehead atoms. The van der Waals surface area contributed by atoms with Crippen LogP contribution in [0.15, 0.2) is 41.3 Å². The Morgan fingerprint density at radius 3 is 2.29 bits per heavy atom. The van der Waals surface area contributed by atoms with E-state index in [1.165, 1.54) is 12.1 Å². The van der Waals surface area contributed by atoms with Crippen LogP contribution in [0.5, 0.6) is 0 Å². The number of aliphatic hydroxyl groups excluding tert-OH is 1. The fourth-order valence-electron chi connectivity index (χ4n) is 2.92. The zero-order valence-corrected chi connectivity index (χ0v) is 18.7. The maximum Gasteiger partial charge on any atom is 0.408 e. The van der Waals surface area contributed by atoms with Crippen molar-refractivity contribution < 1.29 is 37.4 Å². The van der Waals surface area contributed by atoms with Crippen LogP contribution in [0.2, 0.25) is 0 Å². The summed E-state index contributed by atoms with van der Waals surface area (Å²) in [6.07, 6.45) is -0.899. The zero-order valence-electron chi connectivity index (χ0n) is 17.9. The summed E-state index contributed by atoms with van der Waals surface area (Å²) in [7, 11) is -3.44. The Hall–Kier alpha value is -2.76. The Morgan fingerprint density at radius 1 is 1.19 bits per heavy atom. The zero-order chi connectivity index (χ0) is 23.6. The molecule has 1 aliphatic heterocycles. The third-order valence-electron chi connectivity index (χ3n) is 4.30. The second-order valence-corrected chi connectivity index (χ2v) is 9.76. The van der Waals surface area contributed by atoms with Crippen LogP contribution in [0.4, 0.5) is 4.79 Å². The molecule has 0 aromatic heterocycles. The van der Waals surface area contributed by atoms with Crippen LogP contribution in [-0.4, -0.2) is 66.7 Å². The van der Waals surface area contributed by atoms with Crippen LogP contribution >= 0.6 is 0 Å². The molecule has 2 rings (SSSR count). The number of hydrogen-bond donors (Lipinski definition) is 2. The van der Waals surface area contributed by atoms with Gasteiger partial charge in [0.25, 0.3) is 0 Å². The van der Waals surface area contributed by atoms with E-state index < -0.39 is 51.8 Å². The van der Waals surface area contributed by atoms with Gasteiger partial charge in [-0.15, -0.1) is 0 Å². The fraction of sp³-hybridized carbons (Fsp3) is 0.450. The average molecular weight is 455 g/mol. The predicted octanol–water partition coefficient (Wildman–Crippen LogP) is 0.878. The Bertz CT molecular complexity index is 979. The number of ketones is 1. The van der Waals surface area contributed by atoms with Gasteiger partial charge in [0.15, 0.2) is 11.8 Å². The molecule has 2 N–H and O–H groups in total. The van der Waals surface area contributed by atoms with Crippen LogP contribution in [0.1, 0.15) is 26.3 Å². The van der Waals surface area contributed by atoms with Gasteiger partial charge in [0.2, 0.25) is 10.0 Å². The number of hydrogen-bond acceptors (Lipinski definition) is 8. The highest BCUT2D eigenvalue weighted by molar-refractivity contribution is 7.89. The predicted molar refractivity (Wildman–Crippen MR) is 109 cm³/mol. The maximum atomic E-state index is 13.3. The van der Waals surface area contributed by atoms with E-state index in [4.69, 9.17) is 4.74 Å². The number of carbonyl (C=O) groups excluding carboxylic acids is 3. The van der Waals surface area contributed by atoms with Gasteiger partial charge in [-0.25, -0.2) is 18.0 Å². The molecule has 1 aromatic rings. The highest BCUT2D eigenvalue weighted by atomic mass is 32.2. The van der Waals surface area contributed by atoms with Gasteiger partial charge < -0.3 is 19.9 Å². The van der Waals surface area contributed by atoms with E-state index in [0.717, 1.165) is 24.8 Å². The Balaban J connectivity index is 2.53. The highest BCUT2D eigenvalue weighted by Crippen LogP contribution is 2.27. The number of alkyl carbamates (subject to hydrolysis) is 1. The SMILES string of the molecule is COC(=O)[C@@H](NC(=O)OC(C)(C)C)[C@@H]1C(=O)C=CC(O)N1S(=O)(=O)c1ccc(C)cc1. The second kappa shape index (κ2) is 9.16. The lowest BCUT2D eigenvalue weighted by molar-refractivity contribution is -0.147. The molecule has 31 heavy (non-hydrogen) atoms. The number of rotatable bonds is 5. The van der Waals surface area contributed by atoms with Crippen molar-refractivity contribution in [3.63, 3.8) is 0 Å². The first-order chi connectivity index (χ1) is 14.3. The monoisotopic (exact) mass is 454 g/mol. The largest absolute Gasteiger partial charge is 0.467 e. The minimum atomic E-state index is -4.46. The number of esters is 1. The lowest BCUT2D eigenvalue weighted by Crippen LogP contribution is -2.64. The second-order valence-electron chi connectivity index (χ2n) is 7.92. The van der Waals surface area contributed by atoms with Crippen LogP contribution in [0.3, 0.4) is 0 Å². The molecule has 0 saturated carbocycles. The van der Waals surface area contributed by atoms with Crippen molar-refractivity contribution in [2.75, 3.05) is 7.11 Å². The lowest BCUT2D eigenvalue weighted by Gasteiger charge is -2.37. The molecule has 0 spiro atoms. The molecule has 0 radical (unpaired) electrons. The van der Waals surface area contributed by atoms with Gasteiger partial charge in [0.05, 0.1) is 12.0 Å². The number of methoxy groups -OCH3 is 1. The quantitative estimate of drug-likeness (QED) is 0.625. The molecule has 0 aliphatic carbocycles. The number of nitrogens with one attached hydrogen (secondary N) is 1. The first kappa shape index (κ1) is 24.5. The van der Waals surface area contributed by atoms with Gasteiger partial charge in [-0.2, -0.15) is 4.31 Å². The fourth-order valence-corrected chi connectivity index (χ4v) is 4.52. The number of ether oxygens (including phenoxy) is 2. The topological polar surface area (TPSA) is 139 Å². The van der Waals surface area contributed by atoms with Crippen molar-refractivity contribution >= 4 is 27.9 Å². The van der Waals surface area contributed by atoms with Crippen molar-refractivity contribution in [3.05, 3.63) is 42.0 Å². The van der Waals surface area contributed by atoms with Crippen molar-refractivity contribution in [3.8, 4) is 0 Å². The van der Waals surface area contributed by atoms with Gasteiger partial charge in [0.1, 0.15) is 17.9 Å². The third kappa shape index (κ3) is 5.69. The first-order valence-corrected chi connectivity index (χ1v) is 10.8. The Morgan fingerprint density at radius 2 is 1.77 bits per heavy atom. The van der Waals surface area contributed by atoms with E-state index in [2.05, 4.69) is 10.1 Å². The molecule has 0 saturated heterocycles. The van der Waals surface area contributed by atoms with Crippen molar-refractivity contribution in [2.45, 2.75) is 56.5 Å². The number of benzene rings is 1. The molecule has 170 valence electrons.